The van der Waals surface area contributed by atoms with Crippen molar-refractivity contribution >= 4 is 17.6 Å². The monoisotopic (exact) mass is 267 g/mol. The van der Waals surface area contributed by atoms with E-state index in [4.69, 9.17) is 16.7 Å². The van der Waals surface area contributed by atoms with E-state index in [-0.39, 0.29) is 0 Å². The van der Waals surface area contributed by atoms with E-state index in [1.54, 1.807) is 0 Å². The lowest BCUT2D eigenvalue weighted by atomic mass is 10.0. The van der Waals surface area contributed by atoms with Crippen LogP contribution in [-0.2, 0) is 11.3 Å². The van der Waals surface area contributed by atoms with Crippen molar-refractivity contribution in [3.63, 3.8) is 0 Å². The van der Waals surface area contributed by atoms with E-state index >= 15 is 0 Å². The van der Waals surface area contributed by atoms with Gasteiger partial charge in [0.25, 0.3) is 0 Å². The molecule has 0 amide bonds. The third-order valence-electron chi connectivity index (χ3n) is 3.46. The van der Waals surface area contributed by atoms with Crippen LogP contribution >= 0.6 is 11.6 Å². The molecule has 98 valence electrons. The van der Waals surface area contributed by atoms with Gasteiger partial charge >= 0.3 is 5.97 Å². The van der Waals surface area contributed by atoms with Crippen molar-refractivity contribution in [1.82, 2.24) is 4.90 Å². The molecule has 1 N–H and O–H groups in total. The molecule has 1 unspecified atom stereocenters. The largest absolute Gasteiger partial charge is 0.481 e. The number of benzene rings is 1. The van der Waals surface area contributed by atoms with Crippen LogP contribution in [0.5, 0.6) is 0 Å². The molecule has 4 heteroatoms. The van der Waals surface area contributed by atoms with Crippen LogP contribution < -0.4 is 0 Å². The van der Waals surface area contributed by atoms with Gasteiger partial charge in [-0.2, -0.15) is 0 Å². The molecule has 0 saturated carbocycles. The van der Waals surface area contributed by atoms with Crippen molar-refractivity contribution in [1.29, 1.82) is 0 Å². The summed E-state index contributed by atoms with van der Waals surface area (Å²) in [6.07, 6.45) is 2.20. The molecule has 1 aromatic rings. The van der Waals surface area contributed by atoms with Gasteiger partial charge in [0.05, 0.1) is 0 Å². The van der Waals surface area contributed by atoms with Gasteiger partial charge in [-0.1, -0.05) is 23.7 Å². The van der Waals surface area contributed by atoms with Crippen LogP contribution in [0.4, 0.5) is 0 Å². The molecule has 0 bridgehead atoms. The van der Waals surface area contributed by atoms with Crippen molar-refractivity contribution in [3.8, 4) is 0 Å². The number of carboxylic acids is 1. The standard InChI is InChI=1S/C14H18ClNO2/c15-13-4-1-11(2-5-13)9-16-8-7-12(10-16)3-6-14(17)18/h1-2,4-5,12H,3,6-10H2,(H,17,18). The van der Waals surface area contributed by atoms with E-state index < -0.39 is 5.97 Å². The molecule has 1 heterocycles. The second-order valence-corrected chi connectivity index (χ2v) is 5.39. The predicted octanol–water partition coefficient (Wildman–Crippen LogP) is 3.03. The molecule has 0 aliphatic carbocycles. The second-order valence-electron chi connectivity index (χ2n) is 4.95. The number of nitrogens with zero attached hydrogens (tertiary/aromatic N) is 1. The van der Waals surface area contributed by atoms with Crippen LogP contribution in [0.2, 0.25) is 5.02 Å². The van der Waals surface area contributed by atoms with Gasteiger partial charge in [-0.3, -0.25) is 9.69 Å². The molecule has 0 aromatic heterocycles. The number of halogens is 1. The summed E-state index contributed by atoms with van der Waals surface area (Å²) in [5.74, 6) is -0.153. The lowest BCUT2D eigenvalue weighted by Crippen LogP contribution is -2.20. The first-order chi connectivity index (χ1) is 8.63. The molecular weight excluding hydrogens is 250 g/mol. The van der Waals surface area contributed by atoms with Crippen LogP contribution in [-0.4, -0.2) is 29.1 Å². The molecular formula is C14H18ClNO2. The zero-order chi connectivity index (χ0) is 13.0. The third kappa shape index (κ3) is 4.00. The summed E-state index contributed by atoms with van der Waals surface area (Å²) in [5.41, 5.74) is 1.26. The Morgan fingerprint density at radius 2 is 2.11 bits per heavy atom. The Bertz CT molecular complexity index is 405. The Morgan fingerprint density at radius 3 is 2.78 bits per heavy atom. The highest BCUT2D eigenvalue weighted by Gasteiger charge is 2.22. The highest BCUT2D eigenvalue weighted by Crippen LogP contribution is 2.23. The highest BCUT2D eigenvalue weighted by atomic mass is 35.5. The Kier molecular flexibility index (Phi) is 4.61. The topological polar surface area (TPSA) is 40.5 Å². The minimum absolute atomic E-state index is 0.291. The lowest BCUT2D eigenvalue weighted by molar-refractivity contribution is -0.137. The Hall–Kier alpha value is -1.06. The van der Waals surface area contributed by atoms with E-state index in [1.165, 1.54) is 5.56 Å². The molecule has 1 aliphatic rings. The molecule has 1 atom stereocenters. The summed E-state index contributed by atoms with van der Waals surface area (Å²) in [6, 6.07) is 7.92. The summed E-state index contributed by atoms with van der Waals surface area (Å²) >= 11 is 5.85. The summed E-state index contributed by atoms with van der Waals surface area (Å²) in [7, 11) is 0. The van der Waals surface area contributed by atoms with Crippen molar-refractivity contribution in [3.05, 3.63) is 34.9 Å². The first kappa shape index (κ1) is 13.4. The zero-order valence-corrected chi connectivity index (χ0v) is 11.1. The highest BCUT2D eigenvalue weighted by molar-refractivity contribution is 6.30. The minimum atomic E-state index is -0.689. The maximum atomic E-state index is 10.5. The molecule has 3 nitrogen and oxygen atoms in total. The van der Waals surface area contributed by atoms with E-state index in [0.717, 1.165) is 37.5 Å². The van der Waals surface area contributed by atoms with Crippen LogP contribution in [0.15, 0.2) is 24.3 Å². The predicted molar refractivity (Wildman–Crippen MR) is 71.7 cm³/mol. The normalized spacial score (nSPS) is 20.2. The maximum Gasteiger partial charge on any atom is 0.303 e. The molecule has 1 aromatic carbocycles. The third-order valence-corrected chi connectivity index (χ3v) is 3.71. The average Bonchev–Trinajstić information content (AvgIpc) is 2.77. The van der Waals surface area contributed by atoms with Gasteiger partial charge < -0.3 is 5.11 Å². The van der Waals surface area contributed by atoms with Gasteiger partial charge in [0, 0.05) is 24.5 Å². The number of likely N-dealkylation sites (tertiary alicyclic amines) is 1. The number of rotatable bonds is 5. The molecule has 0 spiro atoms. The quantitative estimate of drug-likeness (QED) is 0.892. The van der Waals surface area contributed by atoms with E-state index in [2.05, 4.69) is 4.90 Å². The van der Waals surface area contributed by atoms with Gasteiger partial charge in [-0.25, -0.2) is 0 Å². The maximum absolute atomic E-state index is 10.5. The fourth-order valence-electron chi connectivity index (χ4n) is 2.47. The van der Waals surface area contributed by atoms with Crippen molar-refractivity contribution in [2.45, 2.75) is 25.8 Å². The van der Waals surface area contributed by atoms with Crippen LogP contribution in [0.3, 0.4) is 0 Å². The molecule has 1 fully saturated rings. The van der Waals surface area contributed by atoms with E-state index in [9.17, 15) is 4.79 Å². The van der Waals surface area contributed by atoms with Crippen LogP contribution in [0, 0.1) is 5.92 Å². The molecule has 1 saturated heterocycles. The minimum Gasteiger partial charge on any atom is -0.481 e. The second kappa shape index (κ2) is 6.21. The average molecular weight is 268 g/mol. The smallest absolute Gasteiger partial charge is 0.303 e. The van der Waals surface area contributed by atoms with E-state index in [1.807, 2.05) is 24.3 Å². The number of carbonyl (C=O) groups is 1. The summed E-state index contributed by atoms with van der Waals surface area (Å²) in [5, 5.41) is 9.44. The Labute approximate surface area is 112 Å². The van der Waals surface area contributed by atoms with Crippen molar-refractivity contribution in [2.75, 3.05) is 13.1 Å². The van der Waals surface area contributed by atoms with Crippen LogP contribution in [0.1, 0.15) is 24.8 Å². The van der Waals surface area contributed by atoms with Crippen LogP contribution in [0.25, 0.3) is 0 Å². The molecule has 1 aliphatic heterocycles. The fraction of sp³-hybridized carbons (Fsp3) is 0.500. The molecule has 18 heavy (non-hydrogen) atoms. The number of aliphatic carboxylic acids is 1. The summed E-state index contributed by atoms with van der Waals surface area (Å²) < 4.78 is 0. The van der Waals surface area contributed by atoms with Gasteiger partial charge in [-0.05, 0) is 43.0 Å². The molecule has 2 rings (SSSR count). The summed E-state index contributed by atoms with van der Waals surface area (Å²) in [6.45, 7) is 3.00. The van der Waals surface area contributed by atoms with Gasteiger partial charge in [-0.15, -0.1) is 0 Å². The lowest BCUT2D eigenvalue weighted by Gasteiger charge is -2.15. The molecule has 0 radical (unpaired) electrons. The number of carboxylic acid groups (broad SMARTS) is 1. The van der Waals surface area contributed by atoms with Gasteiger partial charge in [0.1, 0.15) is 0 Å². The first-order valence-corrected chi connectivity index (χ1v) is 6.70. The van der Waals surface area contributed by atoms with Gasteiger partial charge in [0.2, 0.25) is 0 Å². The summed E-state index contributed by atoms with van der Waals surface area (Å²) in [4.78, 5) is 12.9. The number of hydrogen-bond acceptors (Lipinski definition) is 2. The number of hydrogen-bond donors (Lipinski definition) is 1. The van der Waals surface area contributed by atoms with E-state index in [0.29, 0.717) is 12.3 Å². The Balaban J connectivity index is 1.78. The van der Waals surface area contributed by atoms with Gasteiger partial charge in [0.15, 0.2) is 0 Å². The Morgan fingerprint density at radius 1 is 1.39 bits per heavy atom. The van der Waals surface area contributed by atoms with Crippen molar-refractivity contribution in [2.24, 2.45) is 5.92 Å². The SMILES string of the molecule is O=C(O)CCC1CCN(Cc2ccc(Cl)cc2)C1. The van der Waals surface area contributed by atoms with Crippen molar-refractivity contribution < 1.29 is 9.90 Å². The fourth-order valence-corrected chi connectivity index (χ4v) is 2.59. The zero-order valence-electron chi connectivity index (χ0n) is 10.3. The first-order valence-electron chi connectivity index (χ1n) is 6.32.